The van der Waals surface area contributed by atoms with Gasteiger partial charge in [0, 0.05) is 19.2 Å². The van der Waals surface area contributed by atoms with Gasteiger partial charge in [-0.3, -0.25) is 14.9 Å². The van der Waals surface area contributed by atoms with E-state index in [1.54, 1.807) is 4.90 Å². The van der Waals surface area contributed by atoms with E-state index >= 15 is 0 Å². The SMILES string of the molecule is CCCN(Cc1ccc(C)cc1)C(=O)COC(=O)c1ccc(OC)c([N+](=O)[O-])c1. The molecule has 0 heterocycles. The summed E-state index contributed by atoms with van der Waals surface area (Å²) in [6, 6.07) is 11.6. The highest BCUT2D eigenvalue weighted by Gasteiger charge is 2.21. The summed E-state index contributed by atoms with van der Waals surface area (Å²) in [4.78, 5) is 36.8. The Hall–Kier alpha value is -3.42. The molecule has 0 saturated heterocycles. The zero-order valence-electron chi connectivity index (χ0n) is 16.7. The zero-order valence-corrected chi connectivity index (χ0v) is 16.7. The molecule has 0 bridgehead atoms. The molecule has 0 aliphatic carbocycles. The number of methoxy groups -OCH3 is 1. The van der Waals surface area contributed by atoms with Gasteiger partial charge in [-0.05, 0) is 31.0 Å². The van der Waals surface area contributed by atoms with Gasteiger partial charge >= 0.3 is 11.7 Å². The lowest BCUT2D eigenvalue weighted by atomic mass is 10.1. The number of nitro groups is 1. The first-order valence-electron chi connectivity index (χ1n) is 9.18. The standard InChI is InChI=1S/C21H24N2O6/c1-4-11-22(13-16-7-5-15(2)6-8-16)20(24)14-29-21(25)17-9-10-19(28-3)18(12-17)23(26)27/h5-10,12H,4,11,13-14H2,1-3H3. The van der Waals surface area contributed by atoms with Crippen LogP contribution in [0, 0.1) is 17.0 Å². The van der Waals surface area contributed by atoms with Gasteiger partial charge < -0.3 is 14.4 Å². The fourth-order valence-electron chi connectivity index (χ4n) is 2.74. The van der Waals surface area contributed by atoms with E-state index in [1.165, 1.54) is 19.2 Å². The first-order valence-corrected chi connectivity index (χ1v) is 9.18. The Kier molecular flexibility index (Phi) is 7.70. The van der Waals surface area contributed by atoms with E-state index in [0.29, 0.717) is 13.1 Å². The van der Waals surface area contributed by atoms with Gasteiger partial charge in [0.05, 0.1) is 17.6 Å². The Balaban J connectivity index is 2.03. The summed E-state index contributed by atoms with van der Waals surface area (Å²) in [6.07, 6.45) is 0.760. The first-order chi connectivity index (χ1) is 13.8. The number of hydrogen-bond donors (Lipinski definition) is 0. The van der Waals surface area contributed by atoms with E-state index in [2.05, 4.69) is 0 Å². The van der Waals surface area contributed by atoms with E-state index in [1.807, 2.05) is 38.1 Å². The lowest BCUT2D eigenvalue weighted by Crippen LogP contribution is -2.34. The fraction of sp³-hybridized carbons (Fsp3) is 0.333. The third-order valence-corrected chi connectivity index (χ3v) is 4.28. The highest BCUT2D eigenvalue weighted by atomic mass is 16.6. The quantitative estimate of drug-likeness (QED) is 0.363. The maximum Gasteiger partial charge on any atom is 0.338 e. The largest absolute Gasteiger partial charge is 0.490 e. The zero-order chi connectivity index (χ0) is 21.4. The Bertz CT molecular complexity index is 879. The third kappa shape index (κ3) is 6.03. The van der Waals surface area contributed by atoms with Crippen LogP contribution in [-0.4, -0.2) is 42.0 Å². The van der Waals surface area contributed by atoms with Crippen LogP contribution in [0.3, 0.4) is 0 Å². The number of benzene rings is 2. The van der Waals surface area contributed by atoms with Crippen molar-refractivity contribution in [2.45, 2.75) is 26.8 Å². The lowest BCUT2D eigenvalue weighted by molar-refractivity contribution is -0.385. The molecule has 1 amide bonds. The number of nitrogens with zero attached hydrogens (tertiary/aromatic N) is 2. The van der Waals surface area contributed by atoms with E-state index in [-0.39, 0.29) is 22.9 Å². The molecule has 2 rings (SSSR count). The molecule has 0 spiro atoms. The van der Waals surface area contributed by atoms with E-state index in [4.69, 9.17) is 9.47 Å². The molecule has 0 radical (unpaired) electrons. The number of hydrogen-bond acceptors (Lipinski definition) is 6. The van der Waals surface area contributed by atoms with E-state index in [0.717, 1.165) is 23.6 Å². The fourth-order valence-corrected chi connectivity index (χ4v) is 2.74. The molecule has 0 N–H and O–H groups in total. The monoisotopic (exact) mass is 400 g/mol. The molecular formula is C21H24N2O6. The van der Waals surface area contributed by atoms with Crippen molar-refractivity contribution in [3.05, 3.63) is 69.3 Å². The highest BCUT2D eigenvalue weighted by molar-refractivity contribution is 5.92. The van der Waals surface area contributed by atoms with Crippen molar-refractivity contribution in [1.29, 1.82) is 0 Å². The topological polar surface area (TPSA) is 99.0 Å². The molecule has 8 heteroatoms. The predicted octanol–water partition coefficient (Wildman–Crippen LogP) is 3.51. The van der Waals surface area contributed by atoms with Gasteiger partial charge in [0.1, 0.15) is 0 Å². The van der Waals surface area contributed by atoms with Crippen LogP contribution in [0.15, 0.2) is 42.5 Å². The minimum atomic E-state index is -0.809. The molecule has 29 heavy (non-hydrogen) atoms. The van der Waals surface area contributed by atoms with E-state index < -0.39 is 17.5 Å². The predicted molar refractivity (Wildman–Crippen MR) is 107 cm³/mol. The molecule has 0 fully saturated rings. The number of amides is 1. The van der Waals surface area contributed by atoms with Gasteiger partial charge in [0.25, 0.3) is 5.91 Å². The summed E-state index contributed by atoms with van der Waals surface area (Å²) in [5.74, 6) is -1.10. The van der Waals surface area contributed by atoms with Crippen molar-refractivity contribution in [3.8, 4) is 5.75 Å². The molecule has 0 aliphatic heterocycles. The molecule has 8 nitrogen and oxygen atoms in total. The molecule has 0 aromatic heterocycles. The molecule has 2 aromatic rings. The van der Waals surface area contributed by atoms with Crippen LogP contribution in [0.5, 0.6) is 5.75 Å². The molecular weight excluding hydrogens is 376 g/mol. The lowest BCUT2D eigenvalue weighted by Gasteiger charge is -2.22. The smallest absolute Gasteiger partial charge is 0.338 e. The van der Waals surface area contributed by atoms with Gasteiger partial charge in [-0.1, -0.05) is 36.8 Å². The average Bonchev–Trinajstić information content (AvgIpc) is 2.72. The number of carbonyl (C=O) groups is 2. The first kappa shape index (κ1) is 21.9. The molecule has 0 unspecified atom stereocenters. The second-order valence-electron chi connectivity index (χ2n) is 6.52. The summed E-state index contributed by atoms with van der Waals surface area (Å²) >= 11 is 0. The molecule has 0 saturated carbocycles. The summed E-state index contributed by atoms with van der Waals surface area (Å²) in [5, 5.41) is 11.1. The summed E-state index contributed by atoms with van der Waals surface area (Å²) in [6.45, 7) is 4.45. The highest BCUT2D eigenvalue weighted by Crippen LogP contribution is 2.27. The van der Waals surface area contributed by atoms with Crippen LogP contribution in [0.1, 0.15) is 34.8 Å². The maximum absolute atomic E-state index is 12.5. The Labute approximate surface area is 169 Å². The number of aryl methyl sites for hydroxylation is 1. The minimum absolute atomic E-state index is 0.0223. The van der Waals surface area contributed by atoms with Gasteiger partial charge in [-0.25, -0.2) is 4.79 Å². The molecule has 154 valence electrons. The van der Waals surface area contributed by atoms with Crippen molar-refractivity contribution in [3.63, 3.8) is 0 Å². The number of rotatable bonds is 9. The van der Waals surface area contributed by atoms with Crippen LogP contribution in [-0.2, 0) is 16.1 Å². The summed E-state index contributed by atoms with van der Waals surface area (Å²) < 4.78 is 10.00. The van der Waals surface area contributed by atoms with Crippen LogP contribution in [0.4, 0.5) is 5.69 Å². The molecule has 0 atom stereocenters. The van der Waals surface area contributed by atoms with Gasteiger partial charge in [0.15, 0.2) is 12.4 Å². The second kappa shape index (κ2) is 10.2. The number of nitro benzene ring substituents is 1. The second-order valence-corrected chi connectivity index (χ2v) is 6.52. The Morgan fingerprint density at radius 1 is 1.14 bits per heavy atom. The number of ether oxygens (including phenoxy) is 2. The van der Waals surface area contributed by atoms with Crippen LogP contribution in [0.25, 0.3) is 0 Å². The normalized spacial score (nSPS) is 10.3. The van der Waals surface area contributed by atoms with Crippen LogP contribution in [0.2, 0.25) is 0 Å². The van der Waals surface area contributed by atoms with Crippen LogP contribution >= 0.6 is 0 Å². The molecule has 0 aliphatic rings. The van der Waals surface area contributed by atoms with Gasteiger partial charge in [-0.2, -0.15) is 0 Å². The van der Waals surface area contributed by atoms with E-state index in [9.17, 15) is 19.7 Å². The van der Waals surface area contributed by atoms with Crippen molar-refractivity contribution in [2.75, 3.05) is 20.3 Å². The summed E-state index contributed by atoms with van der Waals surface area (Å²) in [7, 11) is 1.30. The van der Waals surface area contributed by atoms with Crippen molar-refractivity contribution < 1.29 is 24.0 Å². The number of carbonyl (C=O) groups excluding carboxylic acids is 2. The van der Waals surface area contributed by atoms with Crippen molar-refractivity contribution >= 4 is 17.6 Å². The van der Waals surface area contributed by atoms with Gasteiger partial charge in [0.2, 0.25) is 0 Å². The third-order valence-electron chi connectivity index (χ3n) is 4.28. The number of esters is 1. The van der Waals surface area contributed by atoms with Crippen LogP contribution < -0.4 is 4.74 Å². The maximum atomic E-state index is 12.5. The average molecular weight is 400 g/mol. The summed E-state index contributed by atoms with van der Waals surface area (Å²) in [5.41, 5.74) is 1.74. The molecule has 2 aromatic carbocycles. The Morgan fingerprint density at radius 2 is 1.83 bits per heavy atom. The Morgan fingerprint density at radius 3 is 2.41 bits per heavy atom. The van der Waals surface area contributed by atoms with Crippen molar-refractivity contribution in [1.82, 2.24) is 4.90 Å². The minimum Gasteiger partial charge on any atom is -0.490 e. The van der Waals surface area contributed by atoms with Gasteiger partial charge in [-0.15, -0.1) is 0 Å². The van der Waals surface area contributed by atoms with Crippen molar-refractivity contribution in [2.24, 2.45) is 0 Å².